The van der Waals surface area contributed by atoms with Crippen LogP contribution in [0.1, 0.15) is 18.5 Å². The first kappa shape index (κ1) is 16.4. The van der Waals surface area contributed by atoms with E-state index in [2.05, 4.69) is 33.1 Å². The van der Waals surface area contributed by atoms with E-state index in [1.165, 1.54) is 0 Å². The minimum atomic E-state index is -0.320. The molecule has 6 nitrogen and oxygen atoms in total. The van der Waals surface area contributed by atoms with Crippen LogP contribution in [-0.4, -0.2) is 49.2 Å². The van der Waals surface area contributed by atoms with Crippen molar-refractivity contribution in [3.05, 3.63) is 38.3 Å². The molecule has 2 atom stereocenters. The number of nitro benzene ring substituents is 1. The van der Waals surface area contributed by atoms with Crippen molar-refractivity contribution in [2.24, 2.45) is 0 Å². The van der Waals surface area contributed by atoms with E-state index >= 15 is 0 Å². The fourth-order valence-corrected chi connectivity index (χ4v) is 3.18. The zero-order valence-electron chi connectivity index (χ0n) is 12.2. The Morgan fingerprint density at radius 1 is 1.57 bits per heavy atom. The number of ether oxygens (including phenoxy) is 1. The Kier molecular flexibility index (Phi) is 5.69. The van der Waals surface area contributed by atoms with Crippen LogP contribution >= 0.6 is 15.9 Å². The van der Waals surface area contributed by atoms with E-state index in [1.54, 1.807) is 6.07 Å². The maximum absolute atomic E-state index is 11.4. The third-order valence-corrected chi connectivity index (χ3v) is 4.27. The first-order valence-electron chi connectivity index (χ1n) is 7.02. The van der Waals surface area contributed by atoms with Crippen molar-refractivity contribution < 1.29 is 9.66 Å². The summed E-state index contributed by atoms with van der Waals surface area (Å²) >= 11 is 3.31. The average molecular weight is 358 g/mol. The molecule has 1 fully saturated rings. The van der Waals surface area contributed by atoms with Crippen LogP contribution < -0.4 is 5.32 Å². The Morgan fingerprint density at radius 3 is 2.95 bits per heavy atom. The lowest BCUT2D eigenvalue weighted by Crippen LogP contribution is -2.48. The summed E-state index contributed by atoms with van der Waals surface area (Å²) in [6, 6.07) is 5.13. The van der Waals surface area contributed by atoms with Crippen LogP contribution in [0.15, 0.2) is 22.7 Å². The zero-order valence-corrected chi connectivity index (χ0v) is 13.8. The fourth-order valence-electron chi connectivity index (χ4n) is 2.84. The predicted molar refractivity (Wildman–Crippen MR) is 84.5 cm³/mol. The molecule has 7 heteroatoms. The van der Waals surface area contributed by atoms with Crippen LogP contribution in [0.3, 0.4) is 0 Å². The Labute approximate surface area is 132 Å². The van der Waals surface area contributed by atoms with Gasteiger partial charge in [0.05, 0.1) is 23.7 Å². The third-order valence-electron chi connectivity index (χ3n) is 3.78. The molecule has 1 aromatic carbocycles. The Hall–Kier alpha value is -1.02. The van der Waals surface area contributed by atoms with Crippen molar-refractivity contribution in [3.63, 3.8) is 0 Å². The van der Waals surface area contributed by atoms with Gasteiger partial charge in [0.1, 0.15) is 0 Å². The molecule has 0 saturated carbocycles. The summed E-state index contributed by atoms with van der Waals surface area (Å²) in [6.45, 7) is 5.00. The van der Waals surface area contributed by atoms with Gasteiger partial charge in [-0.1, -0.05) is 22.9 Å². The van der Waals surface area contributed by atoms with Crippen LogP contribution in [0.2, 0.25) is 0 Å². The molecule has 116 valence electrons. The van der Waals surface area contributed by atoms with Gasteiger partial charge in [0, 0.05) is 29.2 Å². The van der Waals surface area contributed by atoms with E-state index in [-0.39, 0.29) is 22.8 Å². The van der Waals surface area contributed by atoms with Crippen molar-refractivity contribution in [3.8, 4) is 0 Å². The van der Waals surface area contributed by atoms with Gasteiger partial charge in [-0.05, 0) is 25.7 Å². The summed E-state index contributed by atoms with van der Waals surface area (Å²) < 4.78 is 6.55. The predicted octanol–water partition coefficient (Wildman–Crippen LogP) is 2.34. The van der Waals surface area contributed by atoms with Crippen LogP contribution in [-0.2, 0) is 4.74 Å². The first-order valence-corrected chi connectivity index (χ1v) is 7.81. The summed E-state index contributed by atoms with van der Waals surface area (Å²) in [5.74, 6) is 0. The minimum absolute atomic E-state index is 0.0939. The maximum Gasteiger partial charge on any atom is 0.275 e. The Balaban J connectivity index is 2.45. The SMILES string of the molecule is CCN1CCOC(CNC)C1c1ccc(Br)cc1[N+](=O)[O-]. The van der Waals surface area contributed by atoms with E-state index < -0.39 is 0 Å². The molecule has 1 aromatic rings. The van der Waals surface area contributed by atoms with E-state index in [9.17, 15) is 10.1 Å². The van der Waals surface area contributed by atoms with Crippen molar-refractivity contribution >= 4 is 21.6 Å². The molecule has 1 aliphatic heterocycles. The monoisotopic (exact) mass is 357 g/mol. The van der Waals surface area contributed by atoms with Gasteiger partial charge in [0.15, 0.2) is 0 Å². The number of nitrogens with zero attached hydrogens (tertiary/aromatic N) is 2. The quantitative estimate of drug-likeness (QED) is 0.647. The second kappa shape index (κ2) is 7.31. The molecule has 21 heavy (non-hydrogen) atoms. The second-order valence-corrected chi connectivity index (χ2v) is 5.92. The Bertz CT molecular complexity index is 510. The standard InChI is InChI=1S/C14H20BrN3O3/c1-3-17-6-7-21-13(9-16-2)14(17)11-5-4-10(15)8-12(11)18(19)20/h4-5,8,13-14,16H,3,6-7,9H2,1-2H3. The molecule has 1 aliphatic rings. The minimum Gasteiger partial charge on any atom is -0.374 e. The molecule has 2 rings (SSSR count). The lowest BCUT2D eigenvalue weighted by Gasteiger charge is -2.40. The average Bonchev–Trinajstić information content (AvgIpc) is 2.47. The van der Waals surface area contributed by atoms with Gasteiger partial charge in [-0.25, -0.2) is 0 Å². The fraction of sp³-hybridized carbons (Fsp3) is 0.571. The van der Waals surface area contributed by atoms with Gasteiger partial charge in [-0.2, -0.15) is 0 Å². The molecule has 0 bridgehead atoms. The Morgan fingerprint density at radius 2 is 2.33 bits per heavy atom. The molecule has 1 N–H and O–H groups in total. The number of halogens is 1. The first-order chi connectivity index (χ1) is 10.1. The number of likely N-dealkylation sites (N-methyl/N-ethyl adjacent to an activating group) is 2. The van der Waals surface area contributed by atoms with E-state index in [0.29, 0.717) is 23.2 Å². The number of hydrogen-bond donors (Lipinski definition) is 1. The van der Waals surface area contributed by atoms with Gasteiger partial charge in [-0.15, -0.1) is 0 Å². The molecule has 2 unspecified atom stereocenters. The number of morpholine rings is 1. The summed E-state index contributed by atoms with van der Waals surface area (Å²) in [4.78, 5) is 13.3. The number of rotatable bonds is 5. The molecule has 0 aromatic heterocycles. The van der Waals surface area contributed by atoms with Crippen LogP contribution in [0.25, 0.3) is 0 Å². The van der Waals surface area contributed by atoms with Gasteiger partial charge in [0.2, 0.25) is 0 Å². The summed E-state index contributed by atoms with van der Waals surface area (Å²) in [5.41, 5.74) is 0.851. The smallest absolute Gasteiger partial charge is 0.275 e. The highest BCUT2D eigenvalue weighted by atomic mass is 79.9. The highest BCUT2D eigenvalue weighted by Gasteiger charge is 2.36. The van der Waals surface area contributed by atoms with Gasteiger partial charge < -0.3 is 10.1 Å². The highest BCUT2D eigenvalue weighted by Crippen LogP contribution is 2.36. The molecule has 0 spiro atoms. The summed E-state index contributed by atoms with van der Waals surface area (Å²) in [6.07, 6.45) is -0.0939. The van der Waals surface area contributed by atoms with Crippen molar-refractivity contribution in [2.45, 2.75) is 19.1 Å². The number of benzene rings is 1. The molecular formula is C14H20BrN3O3. The topological polar surface area (TPSA) is 67.6 Å². The van der Waals surface area contributed by atoms with Gasteiger partial charge in [0.25, 0.3) is 5.69 Å². The largest absolute Gasteiger partial charge is 0.374 e. The number of nitrogens with one attached hydrogen (secondary N) is 1. The molecule has 0 aliphatic carbocycles. The lowest BCUT2D eigenvalue weighted by molar-refractivity contribution is -0.386. The van der Waals surface area contributed by atoms with E-state index in [0.717, 1.165) is 13.1 Å². The van der Waals surface area contributed by atoms with Gasteiger partial charge >= 0.3 is 0 Å². The molecule has 1 saturated heterocycles. The molecule has 1 heterocycles. The summed E-state index contributed by atoms with van der Waals surface area (Å²) in [5, 5.41) is 14.5. The van der Waals surface area contributed by atoms with Crippen molar-refractivity contribution in [2.75, 3.05) is 33.3 Å². The van der Waals surface area contributed by atoms with Crippen LogP contribution in [0, 0.1) is 10.1 Å². The van der Waals surface area contributed by atoms with Crippen LogP contribution in [0.4, 0.5) is 5.69 Å². The summed E-state index contributed by atoms with van der Waals surface area (Å²) in [7, 11) is 1.86. The number of hydrogen-bond acceptors (Lipinski definition) is 5. The third kappa shape index (κ3) is 3.60. The lowest BCUT2D eigenvalue weighted by atomic mass is 9.96. The van der Waals surface area contributed by atoms with Crippen molar-refractivity contribution in [1.82, 2.24) is 10.2 Å². The number of nitro groups is 1. The van der Waals surface area contributed by atoms with Crippen LogP contribution in [0.5, 0.6) is 0 Å². The molecule has 0 radical (unpaired) electrons. The molecular weight excluding hydrogens is 338 g/mol. The van der Waals surface area contributed by atoms with E-state index in [4.69, 9.17) is 4.74 Å². The highest BCUT2D eigenvalue weighted by molar-refractivity contribution is 9.10. The van der Waals surface area contributed by atoms with Gasteiger partial charge in [-0.3, -0.25) is 15.0 Å². The molecule has 0 amide bonds. The zero-order chi connectivity index (χ0) is 15.4. The maximum atomic E-state index is 11.4. The second-order valence-electron chi connectivity index (χ2n) is 5.00. The van der Waals surface area contributed by atoms with E-state index in [1.807, 2.05) is 19.2 Å². The van der Waals surface area contributed by atoms with Crippen molar-refractivity contribution in [1.29, 1.82) is 0 Å². The normalized spacial score (nSPS) is 23.2.